The van der Waals surface area contributed by atoms with Crippen LogP contribution < -0.4 is 5.32 Å². The molecule has 1 unspecified atom stereocenters. The number of nitrogens with zero attached hydrogens (tertiary/aromatic N) is 3. The molecule has 1 N–H and O–H groups in total. The molecule has 2 heterocycles. The van der Waals surface area contributed by atoms with Gasteiger partial charge in [-0.2, -0.15) is 4.98 Å². The van der Waals surface area contributed by atoms with Crippen molar-refractivity contribution >= 4 is 17.5 Å². The minimum absolute atomic E-state index is 0.0276. The quantitative estimate of drug-likeness (QED) is 0.841. The molecule has 4 rings (SSSR count). The molecule has 0 bridgehead atoms. The van der Waals surface area contributed by atoms with Crippen LogP contribution in [-0.4, -0.2) is 40.6 Å². The second-order valence-corrected chi connectivity index (χ2v) is 7.47. The Morgan fingerprint density at radius 3 is 3.08 bits per heavy atom. The minimum Gasteiger partial charge on any atom is -0.339 e. The van der Waals surface area contributed by atoms with Crippen LogP contribution in [0, 0.1) is 0 Å². The number of aromatic nitrogens is 2. The maximum Gasteiger partial charge on any atom is 0.226 e. The molecule has 0 spiro atoms. The fourth-order valence-corrected chi connectivity index (χ4v) is 3.62. The predicted octanol–water partition coefficient (Wildman–Crippen LogP) is 3.10. The van der Waals surface area contributed by atoms with Crippen molar-refractivity contribution in [3.05, 3.63) is 46.6 Å². The highest BCUT2D eigenvalue weighted by Crippen LogP contribution is 2.38. The number of halogens is 1. The number of hydrogen-bond donors (Lipinski definition) is 1. The first-order valence-corrected chi connectivity index (χ1v) is 9.66. The van der Waals surface area contributed by atoms with E-state index in [9.17, 15) is 4.79 Å². The molecule has 1 aliphatic carbocycles. The highest BCUT2D eigenvalue weighted by Gasteiger charge is 2.29. The number of nitrogens with one attached hydrogen (secondary N) is 1. The second-order valence-electron chi connectivity index (χ2n) is 7.04. The van der Waals surface area contributed by atoms with Crippen LogP contribution in [0.15, 0.2) is 28.8 Å². The first kappa shape index (κ1) is 17.5. The molecule has 2 fully saturated rings. The molecule has 1 atom stereocenters. The lowest BCUT2D eigenvalue weighted by Crippen LogP contribution is -2.48. The Kier molecular flexibility index (Phi) is 5.22. The van der Waals surface area contributed by atoms with E-state index < -0.39 is 0 Å². The lowest BCUT2D eigenvalue weighted by molar-refractivity contribution is -0.134. The van der Waals surface area contributed by atoms with Crippen molar-refractivity contribution < 1.29 is 9.32 Å². The lowest BCUT2D eigenvalue weighted by Gasteiger charge is -2.36. The number of aryl methyl sites for hydroxylation is 1. The van der Waals surface area contributed by atoms with Crippen molar-refractivity contribution in [3.63, 3.8) is 0 Å². The molecule has 1 saturated carbocycles. The summed E-state index contributed by atoms with van der Waals surface area (Å²) in [5.41, 5.74) is 1.07. The Balaban J connectivity index is 1.34. The van der Waals surface area contributed by atoms with Crippen molar-refractivity contribution in [2.75, 3.05) is 19.6 Å². The third-order valence-electron chi connectivity index (χ3n) is 5.00. The lowest BCUT2D eigenvalue weighted by atomic mass is 10.0. The number of piperazine rings is 1. The smallest absolute Gasteiger partial charge is 0.226 e. The normalized spacial score (nSPS) is 20.3. The third-order valence-corrected chi connectivity index (χ3v) is 5.24. The van der Waals surface area contributed by atoms with Crippen LogP contribution in [0.25, 0.3) is 0 Å². The summed E-state index contributed by atoms with van der Waals surface area (Å²) < 4.78 is 5.29. The molecule has 7 heteroatoms. The zero-order valence-corrected chi connectivity index (χ0v) is 15.4. The molecule has 1 aromatic carbocycles. The summed E-state index contributed by atoms with van der Waals surface area (Å²) in [6.07, 6.45) is 4.17. The predicted molar refractivity (Wildman–Crippen MR) is 98.0 cm³/mol. The topological polar surface area (TPSA) is 71.3 Å². The van der Waals surface area contributed by atoms with Crippen LogP contribution in [0.2, 0.25) is 5.02 Å². The van der Waals surface area contributed by atoms with Gasteiger partial charge in [0.1, 0.15) is 0 Å². The number of hydrogen-bond acceptors (Lipinski definition) is 5. The van der Waals surface area contributed by atoms with Gasteiger partial charge in [-0.05, 0) is 37.0 Å². The molecule has 1 saturated heterocycles. The molecule has 2 aliphatic rings. The van der Waals surface area contributed by atoms with Gasteiger partial charge in [0.15, 0.2) is 5.82 Å². The number of benzene rings is 1. The Morgan fingerprint density at radius 2 is 2.27 bits per heavy atom. The molecule has 26 heavy (non-hydrogen) atoms. The fraction of sp³-hybridized carbons (Fsp3) is 0.526. The zero-order valence-electron chi connectivity index (χ0n) is 14.7. The van der Waals surface area contributed by atoms with E-state index in [1.54, 1.807) is 0 Å². The largest absolute Gasteiger partial charge is 0.339 e. The summed E-state index contributed by atoms with van der Waals surface area (Å²) in [5.74, 6) is 2.13. The van der Waals surface area contributed by atoms with Gasteiger partial charge in [-0.3, -0.25) is 4.79 Å². The van der Waals surface area contributed by atoms with Crippen LogP contribution in [0.5, 0.6) is 0 Å². The summed E-state index contributed by atoms with van der Waals surface area (Å²) in [6, 6.07) is 7.79. The monoisotopic (exact) mass is 374 g/mol. The van der Waals surface area contributed by atoms with E-state index in [2.05, 4.69) is 15.5 Å². The Bertz CT molecular complexity index is 774. The zero-order chi connectivity index (χ0) is 17.9. The van der Waals surface area contributed by atoms with E-state index >= 15 is 0 Å². The second kappa shape index (κ2) is 7.76. The van der Waals surface area contributed by atoms with Crippen molar-refractivity contribution in [3.8, 4) is 0 Å². The Morgan fingerprint density at radius 1 is 1.38 bits per heavy atom. The Hall–Kier alpha value is -1.92. The summed E-state index contributed by atoms with van der Waals surface area (Å²) >= 11 is 6.12. The number of amides is 1. The molecular formula is C19H23ClN4O2. The first-order chi connectivity index (χ1) is 12.7. The third kappa shape index (κ3) is 4.07. The van der Waals surface area contributed by atoms with Crippen LogP contribution in [-0.2, 0) is 11.2 Å². The van der Waals surface area contributed by atoms with Crippen LogP contribution in [0.4, 0.5) is 0 Å². The van der Waals surface area contributed by atoms with E-state index in [-0.39, 0.29) is 11.9 Å². The molecule has 2 aromatic rings. The Labute approximate surface area is 157 Å². The average molecular weight is 375 g/mol. The van der Waals surface area contributed by atoms with Crippen LogP contribution >= 0.6 is 11.6 Å². The maximum atomic E-state index is 12.8. The van der Waals surface area contributed by atoms with Gasteiger partial charge in [-0.25, -0.2) is 0 Å². The van der Waals surface area contributed by atoms with E-state index in [1.165, 1.54) is 0 Å². The fourth-order valence-electron chi connectivity index (χ4n) is 3.43. The molecule has 1 aliphatic heterocycles. The van der Waals surface area contributed by atoms with Crippen LogP contribution in [0.3, 0.4) is 0 Å². The van der Waals surface area contributed by atoms with Gasteiger partial charge >= 0.3 is 0 Å². The van der Waals surface area contributed by atoms with Gasteiger partial charge in [-0.15, -0.1) is 0 Å². The number of carbonyl (C=O) groups is 1. The van der Waals surface area contributed by atoms with Crippen molar-refractivity contribution in [2.45, 2.75) is 44.1 Å². The highest BCUT2D eigenvalue weighted by molar-refractivity contribution is 6.30. The molecule has 1 aromatic heterocycles. The number of carbonyl (C=O) groups excluding carboxylic acids is 1. The van der Waals surface area contributed by atoms with Crippen molar-refractivity contribution in [1.29, 1.82) is 0 Å². The van der Waals surface area contributed by atoms with Gasteiger partial charge in [0.25, 0.3) is 0 Å². The summed E-state index contributed by atoms with van der Waals surface area (Å²) in [5, 5.41) is 8.09. The molecule has 1 amide bonds. The summed E-state index contributed by atoms with van der Waals surface area (Å²) in [7, 11) is 0. The summed E-state index contributed by atoms with van der Waals surface area (Å²) in [6.45, 7) is 2.28. The minimum atomic E-state index is 0.0276. The van der Waals surface area contributed by atoms with E-state index in [0.717, 1.165) is 43.7 Å². The van der Waals surface area contributed by atoms with Crippen LogP contribution in [0.1, 0.15) is 54.9 Å². The molecular weight excluding hydrogens is 352 g/mol. The molecule has 6 nitrogen and oxygen atoms in total. The average Bonchev–Trinajstić information content (AvgIpc) is 3.40. The first-order valence-electron chi connectivity index (χ1n) is 9.29. The van der Waals surface area contributed by atoms with E-state index in [4.69, 9.17) is 16.1 Å². The maximum absolute atomic E-state index is 12.8. The van der Waals surface area contributed by atoms with Gasteiger partial charge in [0.2, 0.25) is 11.8 Å². The number of rotatable bonds is 6. The molecule has 138 valence electrons. The van der Waals surface area contributed by atoms with E-state index in [0.29, 0.717) is 36.2 Å². The van der Waals surface area contributed by atoms with Gasteiger partial charge in [0, 0.05) is 43.4 Å². The highest BCUT2D eigenvalue weighted by atomic mass is 35.5. The van der Waals surface area contributed by atoms with Gasteiger partial charge < -0.3 is 14.7 Å². The molecule has 0 radical (unpaired) electrons. The van der Waals surface area contributed by atoms with Gasteiger partial charge in [-0.1, -0.05) is 28.9 Å². The van der Waals surface area contributed by atoms with Crippen molar-refractivity contribution in [1.82, 2.24) is 20.4 Å². The standard InChI is InChI=1S/C19H23ClN4O2/c20-15-4-1-3-14(11-15)16-12-21-9-10-24(16)18(25)6-2-5-17-22-19(23-26-17)13-7-8-13/h1,3-4,11,13,16,21H,2,5-10,12H2. The van der Waals surface area contributed by atoms with Crippen molar-refractivity contribution in [2.24, 2.45) is 0 Å². The van der Waals surface area contributed by atoms with E-state index in [1.807, 2.05) is 29.2 Å². The SMILES string of the molecule is O=C(CCCc1nc(C2CC2)no1)N1CCNCC1c1cccc(Cl)c1. The summed E-state index contributed by atoms with van der Waals surface area (Å²) in [4.78, 5) is 19.2. The van der Waals surface area contributed by atoms with Gasteiger partial charge in [0.05, 0.1) is 6.04 Å².